The summed E-state index contributed by atoms with van der Waals surface area (Å²) in [5.74, 6) is 1.80. The molecule has 232 valence electrons. The number of hydrogen-bond acceptors (Lipinski definition) is 8. The maximum absolute atomic E-state index is 11.6. The first-order chi connectivity index (χ1) is 19.1. The van der Waals surface area contributed by atoms with Crippen molar-refractivity contribution in [3.63, 3.8) is 0 Å². The molecule has 0 aromatic heterocycles. The summed E-state index contributed by atoms with van der Waals surface area (Å²) in [6.45, 7) is 12.7. The molecule has 0 heterocycles. The Bertz CT molecular complexity index is 1260. The first-order valence-electron chi connectivity index (χ1n) is 14.7. The molecule has 2 aromatic carbocycles. The molecule has 0 bridgehead atoms. The molecule has 0 aliphatic carbocycles. The maximum atomic E-state index is 11.6. The fraction of sp³-hybridized carbons (Fsp3) is 0.613. The van der Waals surface area contributed by atoms with Crippen molar-refractivity contribution in [1.82, 2.24) is 0 Å². The van der Waals surface area contributed by atoms with Gasteiger partial charge in [0, 0.05) is 16.3 Å². The molecule has 8 nitrogen and oxygen atoms in total. The Morgan fingerprint density at radius 2 is 1.16 bits per heavy atom. The molecule has 0 saturated heterocycles. The van der Waals surface area contributed by atoms with Crippen molar-refractivity contribution in [3.05, 3.63) is 47.0 Å². The molecule has 0 aliphatic rings. The van der Waals surface area contributed by atoms with E-state index in [4.69, 9.17) is 9.05 Å². The zero-order valence-corrected chi connectivity index (χ0v) is 39.1. The minimum atomic E-state index is -5.44. The Labute approximate surface area is 359 Å². The van der Waals surface area contributed by atoms with Crippen LogP contribution in [0.2, 0.25) is 0 Å². The molecular formula is C31H46Na4O8P2. The van der Waals surface area contributed by atoms with Gasteiger partial charge in [-0.25, -0.2) is 0 Å². The minimum Gasteiger partial charge on any atom is -0.780 e. The SMILES string of the molecule is C/C(=C\Cc1c(C)c(OP(=O)([O-])[O-])c2ccccc2c1OP(=O)([O-])[O-])CCC[C@H](C)CCC[C@H](C)CCCC(C)C.[Na+].[Na+].[Na+].[Na+]. The fourth-order valence-corrected chi connectivity index (χ4v) is 6.22. The number of phosphoric acid groups is 2. The normalized spacial score (nSPS) is 13.2. The van der Waals surface area contributed by atoms with Gasteiger partial charge in [0.15, 0.2) is 0 Å². The molecule has 45 heavy (non-hydrogen) atoms. The van der Waals surface area contributed by atoms with E-state index in [1.165, 1.54) is 57.6 Å². The molecule has 0 amide bonds. The van der Waals surface area contributed by atoms with E-state index in [0.717, 1.165) is 36.7 Å². The van der Waals surface area contributed by atoms with E-state index in [1.807, 2.05) is 13.0 Å². The van der Waals surface area contributed by atoms with Crippen molar-refractivity contribution >= 4 is 26.4 Å². The van der Waals surface area contributed by atoms with E-state index in [-0.39, 0.29) is 158 Å². The Balaban J connectivity index is -0.00000441. The molecule has 2 atom stereocenters. The van der Waals surface area contributed by atoms with Crippen molar-refractivity contribution in [2.75, 3.05) is 0 Å². The standard InChI is InChI=1S/C31H50O8P2.4Na/c1-22(2)12-9-13-23(3)14-10-15-24(4)16-11-17-25(5)20-21-27-26(6)30(38-40(32,33)34)28-18-7-8-19-29(28)31(27)39-41(35,36)37;;;;/h7-8,18-20,22-24H,9-17,21H2,1-6H3,(H2,32,33,34)(H2,35,36,37);;;;/q;4*+1/p-4/b25-20+;;;;/t23-,24-;;;;/m1..../s1. The Morgan fingerprint density at radius 1 is 0.733 bits per heavy atom. The predicted octanol–water partition coefficient (Wildman–Crippen LogP) is -5.49. The van der Waals surface area contributed by atoms with Gasteiger partial charge >= 0.3 is 118 Å². The molecule has 0 fully saturated rings. The van der Waals surface area contributed by atoms with Gasteiger partial charge in [0.1, 0.15) is 27.1 Å². The smallest absolute Gasteiger partial charge is 0.780 e. The molecule has 2 rings (SSSR count). The van der Waals surface area contributed by atoms with Crippen LogP contribution in [-0.2, 0) is 15.6 Å². The molecule has 0 saturated carbocycles. The third-order valence-electron chi connectivity index (χ3n) is 7.68. The van der Waals surface area contributed by atoms with Crippen LogP contribution in [0.3, 0.4) is 0 Å². The van der Waals surface area contributed by atoms with Crippen molar-refractivity contribution < 1.29 is 156 Å². The van der Waals surface area contributed by atoms with Gasteiger partial charge in [0.25, 0.3) is 0 Å². The second-order valence-corrected chi connectivity index (χ2v) is 14.2. The Morgan fingerprint density at radius 3 is 1.62 bits per heavy atom. The first kappa shape index (κ1) is 51.7. The van der Waals surface area contributed by atoms with E-state index in [9.17, 15) is 28.7 Å². The summed E-state index contributed by atoms with van der Waals surface area (Å²) in [5, 5.41) is 0.321. The summed E-state index contributed by atoms with van der Waals surface area (Å²) in [6.07, 6.45) is 12.7. The summed E-state index contributed by atoms with van der Waals surface area (Å²) in [4.78, 5) is 46.2. The summed E-state index contributed by atoms with van der Waals surface area (Å²) in [6, 6.07) is 6.12. The van der Waals surface area contributed by atoms with Crippen LogP contribution in [0.25, 0.3) is 10.8 Å². The molecule has 0 spiro atoms. The average Bonchev–Trinajstić information content (AvgIpc) is 2.84. The number of phosphoric ester groups is 2. The van der Waals surface area contributed by atoms with E-state index in [2.05, 4.69) is 27.7 Å². The molecule has 0 aliphatic heterocycles. The van der Waals surface area contributed by atoms with Gasteiger partial charge in [-0.1, -0.05) is 109 Å². The van der Waals surface area contributed by atoms with E-state index in [1.54, 1.807) is 12.1 Å². The molecule has 0 N–H and O–H groups in total. The van der Waals surface area contributed by atoms with Gasteiger partial charge in [-0.05, 0) is 56.4 Å². The average molecular weight is 701 g/mol. The Hall–Kier alpha value is 2.34. The third kappa shape index (κ3) is 20.7. The van der Waals surface area contributed by atoms with Gasteiger partial charge in [-0.2, -0.15) is 0 Å². The van der Waals surface area contributed by atoms with Crippen molar-refractivity contribution in [2.45, 2.75) is 106 Å². The zero-order chi connectivity index (χ0) is 30.8. The summed E-state index contributed by atoms with van der Waals surface area (Å²) < 4.78 is 32.8. The molecule has 0 radical (unpaired) electrons. The minimum absolute atomic E-state index is 0. The van der Waals surface area contributed by atoms with Crippen molar-refractivity contribution in [1.29, 1.82) is 0 Å². The van der Waals surface area contributed by atoms with Crippen LogP contribution in [0.15, 0.2) is 35.9 Å². The van der Waals surface area contributed by atoms with E-state index < -0.39 is 15.6 Å². The van der Waals surface area contributed by atoms with Crippen LogP contribution >= 0.6 is 15.6 Å². The largest absolute Gasteiger partial charge is 1.00 e. The second-order valence-electron chi connectivity index (χ2n) is 12.0. The maximum Gasteiger partial charge on any atom is 1.00 e. The number of benzene rings is 2. The number of rotatable bonds is 18. The predicted molar refractivity (Wildman–Crippen MR) is 157 cm³/mol. The van der Waals surface area contributed by atoms with Crippen LogP contribution in [0.4, 0.5) is 0 Å². The van der Waals surface area contributed by atoms with Gasteiger partial charge in [0.2, 0.25) is 0 Å². The van der Waals surface area contributed by atoms with Crippen molar-refractivity contribution in [3.8, 4) is 11.5 Å². The van der Waals surface area contributed by atoms with Gasteiger partial charge in [-0.3, -0.25) is 0 Å². The van der Waals surface area contributed by atoms with Crippen LogP contribution < -0.4 is 147 Å². The molecule has 14 heteroatoms. The first-order valence-corrected chi connectivity index (χ1v) is 17.6. The number of allylic oxidation sites excluding steroid dienone is 2. The summed E-state index contributed by atoms with van der Waals surface area (Å²) in [7, 11) is -10.9. The Kier molecular flexibility index (Phi) is 29.1. The van der Waals surface area contributed by atoms with Crippen LogP contribution in [-0.4, -0.2) is 0 Å². The van der Waals surface area contributed by atoms with Crippen molar-refractivity contribution in [2.24, 2.45) is 17.8 Å². The summed E-state index contributed by atoms with van der Waals surface area (Å²) >= 11 is 0. The quantitative estimate of drug-likeness (QED) is 0.0852. The zero-order valence-electron chi connectivity index (χ0n) is 29.4. The number of fused-ring (bicyclic) bond motifs is 1. The molecule has 0 unspecified atom stereocenters. The van der Waals surface area contributed by atoms with Gasteiger partial charge < -0.3 is 37.8 Å². The van der Waals surface area contributed by atoms with Gasteiger partial charge in [0.05, 0.1) is 0 Å². The second kappa shape index (κ2) is 25.3. The van der Waals surface area contributed by atoms with Crippen LogP contribution in [0, 0.1) is 24.7 Å². The molecule has 2 aromatic rings. The van der Waals surface area contributed by atoms with Crippen LogP contribution in [0.1, 0.15) is 104 Å². The monoisotopic (exact) mass is 700 g/mol. The van der Waals surface area contributed by atoms with Crippen LogP contribution in [0.5, 0.6) is 11.5 Å². The summed E-state index contributed by atoms with van der Waals surface area (Å²) in [5.41, 5.74) is 1.56. The third-order valence-corrected chi connectivity index (χ3v) is 8.50. The fourth-order valence-electron chi connectivity index (χ4n) is 5.33. The van der Waals surface area contributed by atoms with E-state index in [0.29, 0.717) is 5.92 Å². The molecular weight excluding hydrogens is 654 g/mol. The van der Waals surface area contributed by atoms with E-state index >= 15 is 0 Å². The number of hydrogen-bond donors (Lipinski definition) is 0. The van der Waals surface area contributed by atoms with Gasteiger partial charge in [-0.15, -0.1) is 0 Å². The topological polar surface area (TPSA) is 145 Å².